The summed E-state index contributed by atoms with van der Waals surface area (Å²) in [5.74, 6) is 0.725. The maximum atomic E-state index is 9.06. The Balaban J connectivity index is 1.43. The predicted molar refractivity (Wildman–Crippen MR) is 81.3 cm³/mol. The Morgan fingerprint density at radius 1 is 1.32 bits per heavy atom. The van der Waals surface area contributed by atoms with E-state index in [0.717, 1.165) is 18.9 Å². The van der Waals surface area contributed by atoms with E-state index < -0.39 is 0 Å². The Morgan fingerprint density at radius 3 is 2.74 bits per heavy atom. The minimum absolute atomic E-state index is 0.340. The van der Waals surface area contributed by atoms with Crippen molar-refractivity contribution in [3.8, 4) is 0 Å². The van der Waals surface area contributed by atoms with Crippen LogP contribution in [0.2, 0.25) is 0 Å². The molecule has 2 aliphatic rings. The zero-order chi connectivity index (χ0) is 13.3. The number of hydrogen-bond donors (Lipinski definition) is 2. The molecule has 19 heavy (non-hydrogen) atoms. The molecule has 2 saturated carbocycles. The summed E-state index contributed by atoms with van der Waals surface area (Å²) in [6.45, 7) is 1.44. The maximum absolute atomic E-state index is 9.06. The first-order valence-corrected chi connectivity index (χ1v) is 8.10. The summed E-state index contributed by atoms with van der Waals surface area (Å²) in [5.41, 5.74) is 1.90. The van der Waals surface area contributed by atoms with Gasteiger partial charge >= 0.3 is 0 Å². The molecule has 0 unspecified atom stereocenters. The SMILES string of the molecule is OCCC1(CNC2CC(c3cccc(Br)c3)C2)CC1. The van der Waals surface area contributed by atoms with Crippen molar-refractivity contribution in [1.29, 1.82) is 0 Å². The van der Waals surface area contributed by atoms with Gasteiger partial charge in [0.1, 0.15) is 0 Å². The van der Waals surface area contributed by atoms with E-state index in [1.807, 2.05) is 0 Å². The highest BCUT2D eigenvalue weighted by Crippen LogP contribution is 2.48. The zero-order valence-corrected chi connectivity index (χ0v) is 12.8. The van der Waals surface area contributed by atoms with Crippen LogP contribution in [0.3, 0.4) is 0 Å². The van der Waals surface area contributed by atoms with E-state index in [9.17, 15) is 0 Å². The second kappa shape index (κ2) is 5.55. The lowest BCUT2D eigenvalue weighted by Crippen LogP contribution is -2.42. The smallest absolute Gasteiger partial charge is 0.0436 e. The fourth-order valence-corrected chi connectivity index (χ4v) is 3.52. The van der Waals surface area contributed by atoms with Crippen LogP contribution in [0.5, 0.6) is 0 Å². The normalized spacial score (nSPS) is 27.9. The highest BCUT2D eigenvalue weighted by Gasteiger charge is 2.42. The summed E-state index contributed by atoms with van der Waals surface area (Å²) in [4.78, 5) is 0. The third kappa shape index (κ3) is 3.21. The quantitative estimate of drug-likeness (QED) is 0.840. The van der Waals surface area contributed by atoms with Crippen molar-refractivity contribution >= 4 is 15.9 Å². The lowest BCUT2D eigenvalue weighted by atomic mass is 9.75. The number of nitrogens with one attached hydrogen (secondary N) is 1. The summed E-state index contributed by atoms with van der Waals surface area (Å²) in [5, 5.41) is 12.8. The topological polar surface area (TPSA) is 32.3 Å². The van der Waals surface area contributed by atoms with Crippen LogP contribution in [0.4, 0.5) is 0 Å². The maximum Gasteiger partial charge on any atom is 0.0436 e. The third-order valence-electron chi connectivity index (χ3n) is 4.82. The van der Waals surface area contributed by atoms with Crippen LogP contribution in [0.25, 0.3) is 0 Å². The number of halogens is 1. The average molecular weight is 324 g/mol. The van der Waals surface area contributed by atoms with Gasteiger partial charge in [-0.2, -0.15) is 0 Å². The predicted octanol–water partition coefficient (Wildman–Crippen LogP) is 3.45. The molecule has 0 saturated heterocycles. The van der Waals surface area contributed by atoms with Crippen molar-refractivity contribution in [3.05, 3.63) is 34.3 Å². The standard InChI is InChI=1S/C16H22BrNO/c17-14-3-1-2-12(8-14)13-9-15(10-13)18-11-16(4-5-16)6-7-19/h1-3,8,13,15,18-19H,4-7,9-11H2. The molecule has 3 rings (SSSR count). The van der Waals surface area contributed by atoms with E-state index in [1.54, 1.807) is 0 Å². The lowest BCUT2D eigenvalue weighted by molar-refractivity contribution is 0.224. The molecule has 2 nitrogen and oxygen atoms in total. The van der Waals surface area contributed by atoms with Gasteiger partial charge in [0.15, 0.2) is 0 Å². The fraction of sp³-hybridized carbons (Fsp3) is 0.625. The van der Waals surface area contributed by atoms with Crippen molar-refractivity contribution in [3.63, 3.8) is 0 Å². The Labute approximate surface area is 123 Å². The summed E-state index contributed by atoms with van der Waals surface area (Å²) in [6.07, 6.45) is 6.07. The largest absolute Gasteiger partial charge is 0.396 e. The van der Waals surface area contributed by atoms with Crippen LogP contribution < -0.4 is 5.32 Å². The Hall–Kier alpha value is -0.380. The van der Waals surface area contributed by atoms with E-state index in [-0.39, 0.29) is 0 Å². The molecular formula is C16H22BrNO. The minimum Gasteiger partial charge on any atom is -0.396 e. The molecular weight excluding hydrogens is 302 g/mol. The van der Waals surface area contributed by atoms with Gasteiger partial charge in [0, 0.05) is 23.7 Å². The molecule has 2 N–H and O–H groups in total. The van der Waals surface area contributed by atoms with Gasteiger partial charge in [-0.3, -0.25) is 0 Å². The number of hydrogen-bond acceptors (Lipinski definition) is 2. The monoisotopic (exact) mass is 323 g/mol. The average Bonchev–Trinajstić information content (AvgIpc) is 3.08. The molecule has 0 atom stereocenters. The molecule has 1 aromatic carbocycles. The third-order valence-corrected chi connectivity index (χ3v) is 5.32. The highest BCUT2D eigenvalue weighted by atomic mass is 79.9. The number of rotatable bonds is 6. The Kier molecular flexibility index (Phi) is 3.97. The molecule has 104 valence electrons. The zero-order valence-electron chi connectivity index (χ0n) is 11.2. The molecule has 0 radical (unpaired) electrons. The molecule has 0 aliphatic heterocycles. The van der Waals surface area contributed by atoms with Crippen molar-refractivity contribution in [2.45, 2.75) is 44.1 Å². The Morgan fingerprint density at radius 2 is 2.11 bits per heavy atom. The first kappa shape index (κ1) is 13.6. The molecule has 0 aromatic heterocycles. The molecule has 1 aromatic rings. The van der Waals surface area contributed by atoms with Gasteiger partial charge in [-0.1, -0.05) is 28.1 Å². The number of benzene rings is 1. The van der Waals surface area contributed by atoms with Gasteiger partial charge < -0.3 is 10.4 Å². The first-order chi connectivity index (χ1) is 9.21. The van der Waals surface area contributed by atoms with Crippen LogP contribution in [-0.2, 0) is 0 Å². The van der Waals surface area contributed by atoms with Gasteiger partial charge in [0.25, 0.3) is 0 Å². The van der Waals surface area contributed by atoms with Crippen LogP contribution in [0, 0.1) is 5.41 Å². The molecule has 2 aliphatic carbocycles. The van der Waals surface area contributed by atoms with Crippen LogP contribution in [-0.4, -0.2) is 24.3 Å². The van der Waals surface area contributed by atoms with Gasteiger partial charge in [-0.25, -0.2) is 0 Å². The summed E-state index contributed by atoms with van der Waals surface area (Å²) >= 11 is 3.54. The summed E-state index contributed by atoms with van der Waals surface area (Å²) < 4.78 is 1.18. The molecule has 0 heterocycles. The van der Waals surface area contributed by atoms with Crippen molar-refractivity contribution in [2.24, 2.45) is 5.41 Å². The van der Waals surface area contributed by atoms with Gasteiger partial charge in [0.05, 0.1) is 0 Å². The summed E-state index contributed by atoms with van der Waals surface area (Å²) in [7, 11) is 0. The summed E-state index contributed by atoms with van der Waals surface area (Å²) in [6, 6.07) is 9.37. The van der Waals surface area contributed by atoms with E-state index in [0.29, 0.717) is 18.1 Å². The number of aliphatic hydroxyl groups is 1. The van der Waals surface area contributed by atoms with Gasteiger partial charge in [-0.05, 0) is 61.1 Å². The van der Waals surface area contributed by atoms with Crippen molar-refractivity contribution in [2.75, 3.05) is 13.2 Å². The van der Waals surface area contributed by atoms with E-state index in [4.69, 9.17) is 5.11 Å². The molecule has 0 amide bonds. The van der Waals surface area contributed by atoms with Crippen LogP contribution in [0.1, 0.15) is 43.6 Å². The lowest BCUT2D eigenvalue weighted by Gasteiger charge is -2.37. The molecule has 2 fully saturated rings. The van der Waals surface area contributed by atoms with E-state index >= 15 is 0 Å². The minimum atomic E-state index is 0.340. The molecule has 3 heteroatoms. The van der Waals surface area contributed by atoms with E-state index in [2.05, 4.69) is 45.5 Å². The van der Waals surface area contributed by atoms with Crippen molar-refractivity contribution in [1.82, 2.24) is 5.32 Å². The van der Waals surface area contributed by atoms with Crippen molar-refractivity contribution < 1.29 is 5.11 Å². The molecule has 0 spiro atoms. The van der Waals surface area contributed by atoms with E-state index in [1.165, 1.54) is 35.7 Å². The van der Waals surface area contributed by atoms with Crippen LogP contribution >= 0.6 is 15.9 Å². The van der Waals surface area contributed by atoms with Gasteiger partial charge in [0.2, 0.25) is 0 Å². The second-order valence-corrected chi connectivity index (χ2v) is 7.19. The highest BCUT2D eigenvalue weighted by molar-refractivity contribution is 9.10. The first-order valence-electron chi connectivity index (χ1n) is 7.30. The molecule has 0 bridgehead atoms. The van der Waals surface area contributed by atoms with Crippen LogP contribution in [0.15, 0.2) is 28.7 Å². The number of aliphatic hydroxyl groups excluding tert-OH is 1. The Bertz CT molecular complexity index is 438. The van der Waals surface area contributed by atoms with Gasteiger partial charge in [-0.15, -0.1) is 0 Å². The fourth-order valence-electron chi connectivity index (χ4n) is 3.11. The second-order valence-electron chi connectivity index (χ2n) is 6.27.